The first-order valence-corrected chi connectivity index (χ1v) is 8.46. The second-order valence-corrected chi connectivity index (χ2v) is 6.28. The fraction of sp³-hybridized carbons (Fsp3) is 0. The monoisotopic (exact) mass is 344 g/mol. The number of thiazole rings is 1. The summed E-state index contributed by atoms with van der Waals surface area (Å²) >= 11 is 1.56. The van der Waals surface area contributed by atoms with E-state index in [4.69, 9.17) is 5.26 Å². The summed E-state index contributed by atoms with van der Waals surface area (Å²) < 4.78 is 1.95. The van der Waals surface area contributed by atoms with Gasteiger partial charge >= 0.3 is 0 Å². The summed E-state index contributed by atoms with van der Waals surface area (Å²) in [6.45, 7) is 0. The number of para-hydroxylation sites is 1. The lowest BCUT2D eigenvalue weighted by Gasteiger charge is -2.09. The number of nitrogens with zero attached hydrogens (tertiary/aromatic N) is 3. The smallest absolute Gasteiger partial charge is 0.255 e. The Bertz CT molecular complexity index is 1090. The van der Waals surface area contributed by atoms with E-state index in [1.807, 2.05) is 52.5 Å². The molecule has 120 valence electrons. The zero-order chi connectivity index (χ0) is 17.2. The van der Waals surface area contributed by atoms with Crippen LogP contribution in [0.1, 0.15) is 15.9 Å². The van der Waals surface area contributed by atoms with Crippen molar-refractivity contribution < 1.29 is 4.79 Å². The van der Waals surface area contributed by atoms with Crippen molar-refractivity contribution in [2.24, 2.45) is 0 Å². The van der Waals surface area contributed by atoms with Gasteiger partial charge in [0.25, 0.3) is 5.91 Å². The lowest BCUT2D eigenvalue weighted by Crippen LogP contribution is -2.12. The van der Waals surface area contributed by atoms with Crippen molar-refractivity contribution in [1.29, 1.82) is 5.26 Å². The van der Waals surface area contributed by atoms with Crippen LogP contribution < -0.4 is 5.32 Å². The number of rotatable bonds is 3. The summed E-state index contributed by atoms with van der Waals surface area (Å²) in [4.78, 5) is 18.0. The van der Waals surface area contributed by atoms with Gasteiger partial charge in [-0.05, 0) is 24.3 Å². The third-order valence-electron chi connectivity index (χ3n) is 3.80. The molecule has 0 unspecified atom stereocenters. The molecular formula is C19H12N4OS. The van der Waals surface area contributed by atoms with E-state index < -0.39 is 0 Å². The SMILES string of the molecule is N#Cc1cccc(C(=O)Nc2ccccc2-c2cn3ccsc3n2)c1. The molecule has 0 bridgehead atoms. The van der Waals surface area contributed by atoms with Crippen molar-refractivity contribution in [3.63, 3.8) is 0 Å². The molecule has 5 nitrogen and oxygen atoms in total. The molecule has 1 N–H and O–H groups in total. The number of imidazole rings is 1. The van der Waals surface area contributed by atoms with Gasteiger partial charge in [0.05, 0.1) is 23.0 Å². The second-order valence-electron chi connectivity index (χ2n) is 5.41. The quantitative estimate of drug-likeness (QED) is 0.606. The maximum atomic E-state index is 12.5. The minimum absolute atomic E-state index is 0.259. The van der Waals surface area contributed by atoms with Crippen molar-refractivity contribution in [2.75, 3.05) is 5.32 Å². The van der Waals surface area contributed by atoms with E-state index in [1.54, 1.807) is 35.6 Å². The first-order chi connectivity index (χ1) is 12.2. The van der Waals surface area contributed by atoms with Crippen LogP contribution in [0.25, 0.3) is 16.2 Å². The highest BCUT2D eigenvalue weighted by atomic mass is 32.1. The molecule has 0 radical (unpaired) electrons. The summed E-state index contributed by atoms with van der Waals surface area (Å²) in [5.74, 6) is -0.259. The molecule has 0 aliphatic carbocycles. The average Bonchev–Trinajstić information content (AvgIpc) is 3.24. The highest BCUT2D eigenvalue weighted by molar-refractivity contribution is 7.15. The van der Waals surface area contributed by atoms with Crippen LogP contribution in [0.2, 0.25) is 0 Å². The molecule has 0 spiro atoms. The van der Waals surface area contributed by atoms with Gasteiger partial charge in [-0.25, -0.2) is 4.98 Å². The number of carbonyl (C=O) groups excluding carboxylic acids is 1. The van der Waals surface area contributed by atoms with Crippen molar-refractivity contribution in [3.8, 4) is 17.3 Å². The Balaban J connectivity index is 1.68. The number of nitrogens with one attached hydrogen (secondary N) is 1. The normalized spacial score (nSPS) is 10.5. The molecule has 0 fully saturated rings. The number of aromatic nitrogens is 2. The van der Waals surface area contributed by atoms with Gasteiger partial charge in [0.15, 0.2) is 4.96 Å². The topological polar surface area (TPSA) is 70.2 Å². The van der Waals surface area contributed by atoms with E-state index in [2.05, 4.69) is 10.3 Å². The summed E-state index contributed by atoms with van der Waals surface area (Å²) in [5.41, 5.74) is 3.23. The molecule has 25 heavy (non-hydrogen) atoms. The first kappa shape index (κ1) is 15.1. The molecule has 1 amide bonds. The molecular weight excluding hydrogens is 332 g/mol. The van der Waals surface area contributed by atoms with E-state index in [0.717, 1.165) is 16.2 Å². The Morgan fingerprint density at radius 1 is 1.20 bits per heavy atom. The number of hydrogen-bond acceptors (Lipinski definition) is 4. The molecule has 2 aromatic heterocycles. The molecule has 0 saturated carbocycles. The summed E-state index contributed by atoms with van der Waals surface area (Å²) in [7, 11) is 0. The lowest BCUT2D eigenvalue weighted by atomic mass is 10.1. The van der Waals surface area contributed by atoms with Gasteiger partial charge in [-0.2, -0.15) is 5.26 Å². The van der Waals surface area contributed by atoms with Crippen LogP contribution in [0.4, 0.5) is 5.69 Å². The Morgan fingerprint density at radius 2 is 2.08 bits per heavy atom. The van der Waals surface area contributed by atoms with Crippen LogP contribution in [-0.2, 0) is 0 Å². The highest BCUT2D eigenvalue weighted by Gasteiger charge is 2.13. The predicted molar refractivity (Wildman–Crippen MR) is 97.6 cm³/mol. The minimum Gasteiger partial charge on any atom is -0.321 e. The van der Waals surface area contributed by atoms with Crippen molar-refractivity contribution in [1.82, 2.24) is 9.38 Å². The molecule has 2 aromatic carbocycles. The molecule has 0 aliphatic rings. The fourth-order valence-corrected chi connectivity index (χ4v) is 3.30. The maximum absolute atomic E-state index is 12.5. The number of amides is 1. The van der Waals surface area contributed by atoms with Gasteiger partial charge in [0.2, 0.25) is 0 Å². The fourth-order valence-electron chi connectivity index (χ4n) is 2.60. The van der Waals surface area contributed by atoms with E-state index in [1.165, 1.54) is 0 Å². The van der Waals surface area contributed by atoms with Gasteiger partial charge in [-0.1, -0.05) is 24.3 Å². The lowest BCUT2D eigenvalue weighted by molar-refractivity contribution is 0.102. The van der Waals surface area contributed by atoms with Crippen LogP contribution in [0.3, 0.4) is 0 Å². The van der Waals surface area contributed by atoms with E-state index in [0.29, 0.717) is 16.8 Å². The maximum Gasteiger partial charge on any atom is 0.255 e. The van der Waals surface area contributed by atoms with E-state index in [-0.39, 0.29) is 5.91 Å². The van der Waals surface area contributed by atoms with Crippen molar-refractivity contribution in [2.45, 2.75) is 0 Å². The molecule has 0 atom stereocenters. The van der Waals surface area contributed by atoms with Gasteiger partial charge in [0.1, 0.15) is 0 Å². The molecule has 4 aromatic rings. The standard InChI is InChI=1S/C19H12N4OS/c20-11-13-4-3-5-14(10-13)18(24)21-16-7-2-1-6-15(16)17-12-23-8-9-25-19(23)22-17/h1-10,12H,(H,21,24). The molecule has 6 heteroatoms. The Hall–Kier alpha value is -3.43. The largest absolute Gasteiger partial charge is 0.321 e. The Kier molecular flexibility index (Phi) is 3.77. The highest BCUT2D eigenvalue weighted by Crippen LogP contribution is 2.28. The number of nitriles is 1. The van der Waals surface area contributed by atoms with Crippen molar-refractivity contribution in [3.05, 3.63) is 77.4 Å². The number of anilines is 1. The molecule has 0 aliphatic heterocycles. The van der Waals surface area contributed by atoms with Gasteiger partial charge in [0, 0.05) is 28.9 Å². The average molecular weight is 344 g/mol. The summed E-state index contributed by atoms with van der Waals surface area (Å²) in [5, 5.41) is 13.9. The Labute approximate surface area is 147 Å². The number of fused-ring (bicyclic) bond motifs is 1. The van der Waals surface area contributed by atoms with E-state index >= 15 is 0 Å². The molecule has 2 heterocycles. The zero-order valence-corrected chi connectivity index (χ0v) is 13.8. The molecule has 4 rings (SSSR count). The minimum atomic E-state index is -0.259. The van der Waals surface area contributed by atoms with Crippen LogP contribution >= 0.6 is 11.3 Å². The second kappa shape index (κ2) is 6.23. The summed E-state index contributed by atoms with van der Waals surface area (Å²) in [6, 6.07) is 16.2. The number of benzene rings is 2. The predicted octanol–water partition coefficient (Wildman–Crippen LogP) is 4.19. The van der Waals surface area contributed by atoms with Crippen LogP contribution in [0.15, 0.2) is 66.3 Å². The van der Waals surface area contributed by atoms with E-state index in [9.17, 15) is 4.79 Å². The number of carbonyl (C=O) groups is 1. The third kappa shape index (κ3) is 2.89. The Morgan fingerprint density at radius 3 is 2.92 bits per heavy atom. The van der Waals surface area contributed by atoms with Gasteiger partial charge in [-0.15, -0.1) is 11.3 Å². The van der Waals surface area contributed by atoms with Gasteiger partial charge < -0.3 is 5.32 Å². The van der Waals surface area contributed by atoms with Crippen molar-refractivity contribution >= 4 is 27.9 Å². The summed E-state index contributed by atoms with van der Waals surface area (Å²) in [6.07, 6.45) is 3.89. The van der Waals surface area contributed by atoms with Crippen LogP contribution in [0, 0.1) is 11.3 Å². The third-order valence-corrected chi connectivity index (χ3v) is 4.57. The van der Waals surface area contributed by atoms with Crippen LogP contribution in [0.5, 0.6) is 0 Å². The first-order valence-electron chi connectivity index (χ1n) is 7.58. The zero-order valence-electron chi connectivity index (χ0n) is 13.0. The van der Waals surface area contributed by atoms with Crippen LogP contribution in [-0.4, -0.2) is 15.3 Å². The number of hydrogen-bond donors (Lipinski definition) is 1. The van der Waals surface area contributed by atoms with Gasteiger partial charge in [-0.3, -0.25) is 9.20 Å². The molecule has 0 saturated heterocycles.